The molecule has 0 radical (unpaired) electrons. The van der Waals surface area contributed by atoms with E-state index in [1.807, 2.05) is 27.7 Å². The summed E-state index contributed by atoms with van der Waals surface area (Å²) in [4.78, 5) is 99.3. The number of unbranched alkanes of at least 4 members (excludes halogenated alkanes) is 4. The first-order valence-corrected chi connectivity index (χ1v) is 18.5. The van der Waals surface area contributed by atoms with Crippen LogP contribution < -0.4 is 0 Å². The van der Waals surface area contributed by atoms with Crippen molar-refractivity contribution in [1.82, 2.24) is 0 Å². The lowest BCUT2D eigenvalue weighted by molar-refractivity contribution is 0.0606. The van der Waals surface area contributed by atoms with Crippen LogP contribution in [0.15, 0.2) is 0 Å². The molecule has 248 valence electrons. The fourth-order valence-corrected chi connectivity index (χ4v) is 3.09. The predicted octanol–water partition coefficient (Wildman–Crippen LogP) is -7.49. The molecule has 0 aromatic carbocycles. The normalized spacial score (nSPS) is 11.1. The van der Waals surface area contributed by atoms with Crippen LogP contribution in [0, 0.1) is 0 Å². The van der Waals surface area contributed by atoms with Gasteiger partial charge in [0, 0.05) is 26.4 Å². The van der Waals surface area contributed by atoms with Crippen LogP contribution in [0.25, 0.3) is 0 Å². The summed E-state index contributed by atoms with van der Waals surface area (Å²) in [5.41, 5.74) is 0. The van der Waals surface area contributed by atoms with Crippen molar-refractivity contribution < 1.29 is 75.3 Å². The van der Waals surface area contributed by atoms with Gasteiger partial charge in [-0.1, -0.05) is 53.4 Å². The second kappa shape index (κ2) is 33.4. The average molecular weight is 705 g/mol. The topological polar surface area (TPSA) is 280 Å². The van der Waals surface area contributed by atoms with Gasteiger partial charge in [-0.2, -0.15) is 0 Å². The molecule has 0 aromatic rings. The van der Waals surface area contributed by atoms with Crippen LogP contribution in [0.4, 0.5) is 0 Å². The molecule has 12 N–H and O–H groups in total. The first-order valence-electron chi connectivity index (χ1n) is 11.5. The van der Waals surface area contributed by atoms with E-state index in [0.717, 1.165) is 51.4 Å². The number of hydrogen-bond donors (Lipinski definition) is 12. The van der Waals surface area contributed by atoms with Crippen molar-refractivity contribution in [2.24, 2.45) is 0 Å². The minimum atomic E-state index is -4.19. The Hall–Kier alpha value is 0.878. The van der Waals surface area contributed by atoms with Crippen molar-refractivity contribution in [3.63, 3.8) is 0 Å². The van der Waals surface area contributed by atoms with Crippen LogP contribution in [0.1, 0.15) is 79.1 Å². The van der Waals surface area contributed by atoms with Gasteiger partial charge in [-0.15, -0.1) is 0 Å². The molecule has 0 aromatic heterocycles. The smallest absolute Gasteiger partial charge is 0.368 e. The highest BCUT2D eigenvalue weighted by Crippen LogP contribution is 1.95. The van der Waals surface area contributed by atoms with Crippen molar-refractivity contribution in [3.8, 4) is 0 Å². The highest BCUT2D eigenvalue weighted by molar-refractivity contribution is 6.49. The molecule has 0 aliphatic rings. The maximum Gasteiger partial charge on any atom is 0.671 e. The molecule has 0 aliphatic heterocycles. The van der Waals surface area contributed by atoms with Crippen molar-refractivity contribution in [3.05, 3.63) is 0 Å². The van der Waals surface area contributed by atoms with Gasteiger partial charge in [-0.05, 0) is 58.6 Å². The molecule has 0 atom stereocenters. The van der Waals surface area contributed by atoms with E-state index in [-0.39, 0.29) is 59.3 Å². The van der Waals surface area contributed by atoms with Gasteiger partial charge in [-0.3, -0.25) is 0 Å². The van der Waals surface area contributed by atoms with E-state index in [2.05, 4.69) is 17.7 Å². The molecule has 16 nitrogen and oxygen atoms in total. The first kappa shape index (κ1) is 55.8. The third-order valence-electron chi connectivity index (χ3n) is 3.17. The summed E-state index contributed by atoms with van der Waals surface area (Å²) in [7, 11) is -16.8. The molecule has 0 aliphatic carbocycles. The van der Waals surface area contributed by atoms with Crippen molar-refractivity contribution >= 4 is 69.1 Å². The van der Waals surface area contributed by atoms with Gasteiger partial charge >= 0.3 is 36.2 Å². The highest BCUT2D eigenvalue weighted by Gasteiger charge is 2.31. The predicted molar refractivity (Wildman–Crippen MR) is 167 cm³/mol. The molecule has 0 saturated carbocycles. The van der Waals surface area contributed by atoms with Crippen LogP contribution in [-0.4, -0.2) is 153 Å². The second-order valence-corrected chi connectivity index (χ2v) is 12.8. The Morgan fingerprint density at radius 1 is 0.333 bits per heavy atom. The van der Waals surface area contributed by atoms with Crippen molar-refractivity contribution in [1.29, 1.82) is 0 Å². The van der Waals surface area contributed by atoms with E-state index in [1.54, 1.807) is 0 Å². The lowest BCUT2D eigenvalue weighted by Gasteiger charge is -2.08. The van der Waals surface area contributed by atoms with E-state index in [4.69, 9.17) is 57.5 Å². The summed E-state index contributed by atoms with van der Waals surface area (Å²) in [6.07, 6.45) is 6.56. The molecule has 23 heteroatoms. The van der Waals surface area contributed by atoms with E-state index < -0.39 is 36.2 Å². The Morgan fingerprint density at radius 3 is 0.538 bits per heavy atom. The summed E-state index contributed by atoms with van der Waals surface area (Å²) >= 11 is 0. The van der Waals surface area contributed by atoms with Crippen LogP contribution in [0.3, 0.4) is 0 Å². The fourth-order valence-electron chi connectivity index (χ4n) is 1.41. The third-order valence-corrected chi connectivity index (χ3v) is 5.54. The molecule has 0 fully saturated rings. The Morgan fingerprint density at radius 2 is 0.462 bits per heavy atom. The van der Waals surface area contributed by atoms with Gasteiger partial charge in [-0.25, -0.2) is 0 Å². The number of rotatable bonds is 16. The molecular formula is C16H60O16Si7. The molecule has 0 heterocycles. The Bertz CT molecular complexity index is 366. The zero-order valence-corrected chi connectivity index (χ0v) is 25.5. The summed E-state index contributed by atoms with van der Waals surface area (Å²) in [6, 6.07) is 0. The molecule has 0 rings (SSSR count). The van der Waals surface area contributed by atoms with Crippen LogP contribution in [-0.2, 0) is 17.7 Å². The lowest BCUT2D eigenvalue weighted by Crippen LogP contribution is -2.39. The maximum atomic E-state index is 8.27. The summed E-state index contributed by atoms with van der Waals surface area (Å²) < 4.78 is 17.1. The molecule has 39 heavy (non-hydrogen) atoms. The maximum absolute atomic E-state index is 8.27. The van der Waals surface area contributed by atoms with Gasteiger partial charge in [0.1, 0.15) is 0 Å². The van der Waals surface area contributed by atoms with Crippen molar-refractivity contribution in [2.45, 2.75) is 79.1 Å². The van der Waals surface area contributed by atoms with Gasteiger partial charge in [0.25, 0.3) is 0 Å². The highest BCUT2D eigenvalue weighted by atomic mass is 28.4. The summed E-state index contributed by atoms with van der Waals surface area (Å²) in [6.45, 7) is 8.63. The van der Waals surface area contributed by atoms with Crippen LogP contribution >= 0.6 is 0 Å². The third kappa shape index (κ3) is 85.4. The molecule has 0 amide bonds. The standard InChI is InChI=1S/4C4H12O4Si.3H4Si/c4*1-2-3-4-8-9(5,6)7;;;/h4*5-7H,2-4H2,1H3;3*1H4. The minimum Gasteiger partial charge on any atom is -0.368 e. The van der Waals surface area contributed by atoms with Gasteiger partial charge in [0.05, 0.1) is 0 Å². The van der Waals surface area contributed by atoms with Crippen molar-refractivity contribution in [2.75, 3.05) is 26.4 Å². The summed E-state index contributed by atoms with van der Waals surface area (Å²) in [5.74, 6) is 0. The Labute approximate surface area is 249 Å². The largest absolute Gasteiger partial charge is 0.671 e. The molecule has 0 spiro atoms. The van der Waals surface area contributed by atoms with Crippen LogP contribution in [0.2, 0.25) is 0 Å². The summed E-state index contributed by atoms with van der Waals surface area (Å²) in [5, 5.41) is 0. The van der Waals surface area contributed by atoms with Gasteiger partial charge in [0.2, 0.25) is 0 Å². The van der Waals surface area contributed by atoms with Crippen LogP contribution in [0.5, 0.6) is 0 Å². The van der Waals surface area contributed by atoms with Gasteiger partial charge < -0.3 is 75.3 Å². The minimum absolute atomic E-state index is 0. The monoisotopic (exact) mass is 704 g/mol. The fraction of sp³-hybridized carbons (Fsp3) is 1.00. The number of hydrogen-bond acceptors (Lipinski definition) is 16. The second-order valence-electron chi connectivity index (χ2n) is 7.10. The SMILES string of the molecule is CCCCO[Si](O)(O)O.CCCCO[Si](O)(O)O.CCCCO[Si](O)(O)O.CCCCO[Si](O)(O)O.[SiH4].[SiH4].[SiH4]. The quantitative estimate of drug-likeness (QED) is 0.0525. The molecule has 0 bridgehead atoms. The Kier molecular flexibility index (Phi) is 47.7. The molecule has 0 unspecified atom stereocenters. The van der Waals surface area contributed by atoms with E-state index >= 15 is 0 Å². The zero-order chi connectivity index (χ0) is 29.3. The van der Waals surface area contributed by atoms with E-state index in [0.29, 0.717) is 0 Å². The van der Waals surface area contributed by atoms with E-state index in [9.17, 15) is 0 Å². The lowest BCUT2D eigenvalue weighted by atomic mass is 10.4. The zero-order valence-electron chi connectivity index (χ0n) is 21.5. The average Bonchev–Trinajstić information content (AvgIpc) is 2.67. The van der Waals surface area contributed by atoms with Gasteiger partial charge in [0.15, 0.2) is 0 Å². The van der Waals surface area contributed by atoms with E-state index in [1.165, 1.54) is 0 Å². The molecule has 0 saturated heterocycles. The molecular weight excluding hydrogens is 645 g/mol. The Balaban J connectivity index is -0.0000000683. The first-order chi connectivity index (χ1) is 16.2.